The number of thioether (sulfide) groups is 1. The molecule has 2 unspecified atom stereocenters. The number of allylic oxidation sites excluding steroid dienone is 3. The first-order valence-electron chi connectivity index (χ1n) is 22.5. The molecule has 350 valence electrons. The Labute approximate surface area is 371 Å². The lowest BCUT2D eigenvalue weighted by Crippen LogP contribution is -2.64. The molecule has 2 saturated heterocycles. The summed E-state index contributed by atoms with van der Waals surface area (Å²) in [7, 11) is 4.55. The smallest absolute Gasteiger partial charge is 0.329 e. The number of carbonyl (C=O) groups excluding carboxylic acids is 5. The van der Waals surface area contributed by atoms with Gasteiger partial charge in [0.05, 0.1) is 36.8 Å². The predicted molar refractivity (Wildman–Crippen MR) is 230 cm³/mol. The molecule has 5 aliphatic rings. The van der Waals surface area contributed by atoms with E-state index in [2.05, 4.69) is 0 Å². The Morgan fingerprint density at radius 2 is 1.65 bits per heavy atom. The molecular formula is C46H71NO14S. The van der Waals surface area contributed by atoms with Crippen molar-refractivity contribution in [1.82, 2.24) is 4.90 Å². The molecule has 3 N–H and O–H groups in total. The van der Waals surface area contributed by atoms with E-state index in [-0.39, 0.29) is 55.8 Å². The van der Waals surface area contributed by atoms with Crippen molar-refractivity contribution in [1.29, 1.82) is 0 Å². The van der Waals surface area contributed by atoms with Crippen LogP contribution in [0.4, 0.5) is 0 Å². The van der Waals surface area contributed by atoms with Gasteiger partial charge < -0.3 is 48.6 Å². The number of ether oxygens (including phenoxy) is 6. The van der Waals surface area contributed by atoms with Crippen LogP contribution >= 0.6 is 11.8 Å². The number of methoxy groups -OCH3 is 3. The summed E-state index contributed by atoms with van der Waals surface area (Å²) >= 11 is 1.25. The van der Waals surface area contributed by atoms with Crippen LogP contribution in [-0.2, 0) is 52.4 Å². The molecule has 2 aliphatic carbocycles. The van der Waals surface area contributed by atoms with Crippen molar-refractivity contribution in [2.75, 3.05) is 46.0 Å². The quantitative estimate of drug-likeness (QED) is 0.130. The Hall–Kier alpha value is -2.70. The zero-order valence-electron chi connectivity index (χ0n) is 37.8. The molecule has 1 saturated carbocycles. The van der Waals surface area contributed by atoms with E-state index in [0.717, 1.165) is 5.57 Å². The highest BCUT2D eigenvalue weighted by atomic mass is 32.2. The van der Waals surface area contributed by atoms with Crippen LogP contribution in [-0.4, -0.2) is 150 Å². The van der Waals surface area contributed by atoms with Crippen molar-refractivity contribution < 1.29 is 67.7 Å². The number of aliphatic hydroxyl groups is 3. The first-order valence-corrected chi connectivity index (χ1v) is 23.7. The molecule has 3 fully saturated rings. The van der Waals surface area contributed by atoms with Crippen molar-refractivity contribution in [2.24, 2.45) is 35.5 Å². The van der Waals surface area contributed by atoms with Gasteiger partial charge in [0, 0.05) is 63.7 Å². The third-order valence-corrected chi connectivity index (χ3v) is 14.9. The van der Waals surface area contributed by atoms with Crippen LogP contribution in [0, 0.1) is 35.5 Å². The number of Topliss-reactive ketones (excluding diaryl/α,β-unsaturated/α-hetero) is 2. The first-order chi connectivity index (χ1) is 29.5. The average Bonchev–Trinajstić information content (AvgIpc) is 3.24. The number of fused-ring (bicyclic) bond motifs is 6. The minimum Gasteiger partial charge on any atom is -0.459 e. The minimum atomic E-state index is -2.54. The van der Waals surface area contributed by atoms with Crippen molar-refractivity contribution in [3.63, 3.8) is 0 Å². The number of aliphatic hydroxyl groups excluding tert-OH is 2. The summed E-state index contributed by atoms with van der Waals surface area (Å²) < 4.78 is 36.5. The van der Waals surface area contributed by atoms with Crippen LogP contribution in [0.1, 0.15) is 98.8 Å². The van der Waals surface area contributed by atoms with Crippen molar-refractivity contribution in [3.05, 3.63) is 23.3 Å². The molecule has 3 aliphatic heterocycles. The molecular weight excluding hydrogens is 823 g/mol. The summed E-state index contributed by atoms with van der Waals surface area (Å²) in [6.45, 7) is 9.33. The van der Waals surface area contributed by atoms with Crippen LogP contribution < -0.4 is 0 Å². The lowest BCUT2D eigenvalue weighted by molar-refractivity contribution is -0.302. The van der Waals surface area contributed by atoms with Crippen molar-refractivity contribution in [2.45, 2.75) is 153 Å². The van der Waals surface area contributed by atoms with Gasteiger partial charge in [-0.1, -0.05) is 38.5 Å². The standard InChI is InChI=1S/C46H71NO14S/c1-9-29-19-25(2)18-26(3)20-35(56-6)41-36(57-7)22-28(5)46(55,61-41)43(52)44(53)47-15-11-10-12-31(47)45(54)60-40-27(4)21-30-13-14-34(59-37(51)24-62-17-16-48)42(58-8)38(30)39(40)33(50)23-32(29)49/h19,21,26,28-31,33-36,38-42,48,50,55H,9-18,20,22-24H2,1-8H3/b25-19+/t26?,28-,29-,30+,31+,33+,34-,35+,36+,38?,39+,40-,41-,42+,46-/m1/s1. The number of rotatable bonds is 9. The summed E-state index contributed by atoms with van der Waals surface area (Å²) in [5.74, 6) is -8.79. The second kappa shape index (κ2) is 22.5. The van der Waals surface area contributed by atoms with Gasteiger partial charge in [-0.2, -0.15) is 0 Å². The maximum atomic E-state index is 14.6. The van der Waals surface area contributed by atoms with E-state index in [9.17, 15) is 39.3 Å². The van der Waals surface area contributed by atoms with Crippen molar-refractivity contribution >= 4 is 41.2 Å². The first kappa shape index (κ1) is 50.3. The fraction of sp³-hybridized carbons (Fsp3) is 0.804. The number of hydrogen-bond donors (Lipinski definition) is 3. The van der Waals surface area contributed by atoms with Gasteiger partial charge in [0.2, 0.25) is 5.79 Å². The fourth-order valence-electron chi connectivity index (χ4n) is 10.8. The Morgan fingerprint density at radius 1 is 0.935 bits per heavy atom. The van der Waals surface area contributed by atoms with Crippen LogP contribution in [0.3, 0.4) is 0 Å². The highest BCUT2D eigenvalue weighted by molar-refractivity contribution is 7.99. The number of ketones is 2. The lowest BCUT2D eigenvalue weighted by Gasteiger charge is -2.50. The molecule has 1 amide bonds. The number of nitrogens with zero attached hydrogens (tertiary/aromatic N) is 1. The molecule has 0 spiro atoms. The highest BCUT2D eigenvalue weighted by Gasteiger charge is 2.57. The number of piperidine rings is 1. The van der Waals surface area contributed by atoms with Crippen LogP contribution in [0.2, 0.25) is 0 Å². The Kier molecular flexibility index (Phi) is 18.2. The zero-order chi connectivity index (χ0) is 45.5. The van der Waals surface area contributed by atoms with Crippen molar-refractivity contribution in [3.8, 4) is 0 Å². The minimum absolute atomic E-state index is 0.00560. The van der Waals surface area contributed by atoms with E-state index in [1.165, 1.54) is 38.0 Å². The van der Waals surface area contributed by atoms with Gasteiger partial charge in [-0.25, -0.2) is 4.79 Å². The van der Waals surface area contributed by atoms with Gasteiger partial charge >= 0.3 is 11.9 Å². The Morgan fingerprint density at radius 3 is 2.31 bits per heavy atom. The van der Waals surface area contributed by atoms with E-state index >= 15 is 0 Å². The lowest BCUT2D eigenvalue weighted by atomic mass is 9.61. The molecule has 3 heterocycles. The molecule has 2 bridgehead atoms. The van der Waals surface area contributed by atoms with Gasteiger partial charge in [0.15, 0.2) is 0 Å². The van der Waals surface area contributed by atoms with E-state index < -0.39 is 102 Å². The van der Waals surface area contributed by atoms with Crippen LogP contribution in [0.25, 0.3) is 0 Å². The maximum absolute atomic E-state index is 14.6. The van der Waals surface area contributed by atoms with E-state index in [0.29, 0.717) is 56.3 Å². The third-order valence-electron chi connectivity index (χ3n) is 14.0. The summed E-state index contributed by atoms with van der Waals surface area (Å²) in [5, 5.41) is 33.7. The summed E-state index contributed by atoms with van der Waals surface area (Å²) in [6, 6.07) is -1.19. The van der Waals surface area contributed by atoms with Gasteiger partial charge in [-0.3, -0.25) is 19.2 Å². The maximum Gasteiger partial charge on any atom is 0.329 e. The Balaban J connectivity index is 1.57. The summed E-state index contributed by atoms with van der Waals surface area (Å²) in [4.78, 5) is 71.7. The second-order valence-corrected chi connectivity index (χ2v) is 19.4. The van der Waals surface area contributed by atoms with E-state index in [4.69, 9.17) is 28.4 Å². The topological polar surface area (TPSA) is 205 Å². The fourth-order valence-corrected chi connectivity index (χ4v) is 11.3. The summed E-state index contributed by atoms with van der Waals surface area (Å²) in [5.41, 5.74) is 1.62. The van der Waals surface area contributed by atoms with Crippen LogP contribution in [0.5, 0.6) is 0 Å². The largest absolute Gasteiger partial charge is 0.459 e. The zero-order valence-corrected chi connectivity index (χ0v) is 38.6. The molecule has 0 aromatic carbocycles. The second-order valence-electron chi connectivity index (χ2n) is 18.3. The van der Waals surface area contributed by atoms with Gasteiger partial charge in [0.1, 0.15) is 30.1 Å². The van der Waals surface area contributed by atoms with Gasteiger partial charge in [-0.05, 0) is 89.0 Å². The number of hydrogen-bond acceptors (Lipinski definition) is 15. The normalized spacial score (nSPS) is 40.1. The average molecular weight is 894 g/mol. The molecule has 0 radical (unpaired) electrons. The molecule has 16 heteroatoms. The Bertz CT molecular complexity index is 1650. The number of amides is 1. The molecule has 0 aromatic rings. The summed E-state index contributed by atoms with van der Waals surface area (Å²) in [6.07, 6.45) is 1.81. The number of esters is 2. The van der Waals surface area contributed by atoms with E-state index in [1.807, 2.05) is 39.8 Å². The van der Waals surface area contributed by atoms with E-state index in [1.54, 1.807) is 6.92 Å². The molecule has 0 aromatic heterocycles. The van der Waals surface area contributed by atoms with Gasteiger partial charge in [0.25, 0.3) is 11.7 Å². The SMILES string of the molecule is CC[C@@H]1/C=C(\C)CC(C)C[C@H](OC)[C@H]2O[C@@](O)(C(=O)C(=O)N3CCCC[C@H]3C(=O)O[C@@H]3C(C)=C[C@@H]4CC[C@@H](OC(=O)CSCCO)[C@H](OC)C4[C@@H]3[C@@H](O)CC1=O)[C@H](C)C[C@@H]2OC. The highest BCUT2D eigenvalue weighted by Crippen LogP contribution is 2.48. The number of carbonyl (C=O) groups is 5. The predicted octanol–water partition coefficient (Wildman–Crippen LogP) is 3.97. The monoisotopic (exact) mass is 893 g/mol. The van der Waals surface area contributed by atoms with Gasteiger partial charge in [-0.15, -0.1) is 11.8 Å². The molecule has 15 nitrogen and oxygen atoms in total. The molecule has 15 atom stereocenters. The molecule has 5 rings (SSSR count). The van der Waals surface area contributed by atoms with Crippen LogP contribution in [0.15, 0.2) is 23.3 Å². The molecule has 62 heavy (non-hydrogen) atoms. The third kappa shape index (κ3) is 11.2.